The summed E-state index contributed by atoms with van der Waals surface area (Å²) in [6, 6.07) is 1.84. The zero-order valence-corrected chi connectivity index (χ0v) is 28.5. The standard InChI is InChI=1S/C33H44N2O13/c1-10-11-33(16-43-20(5)37)14-26(44-21(6)38)28(35-19(4)36)31(48-33)30(47-24(9)41)27(45-22(7)39)15-34-32(42)25-12-17(2)29(18(3)13-25)46-23(8)40/h10,12-13,26-28,30-31H,1,11,14-16H2,2-9H3,(H,34,42)(H,35,36)/t26-,27+,28+,30+,31+,33+/m0/s1. The minimum absolute atomic E-state index is 0.0607. The summed E-state index contributed by atoms with van der Waals surface area (Å²) in [5.74, 6) is -4.33. The number of esters is 5. The van der Waals surface area contributed by atoms with Gasteiger partial charge in [-0.1, -0.05) is 6.08 Å². The van der Waals surface area contributed by atoms with Crippen LogP contribution in [0.15, 0.2) is 24.8 Å². The van der Waals surface area contributed by atoms with Crippen molar-refractivity contribution in [1.82, 2.24) is 10.6 Å². The number of aryl methyl sites for hydroxylation is 2. The Hall–Kier alpha value is -4.79. The first-order chi connectivity index (χ1) is 22.4. The number of hydrogen-bond acceptors (Lipinski definition) is 13. The number of hydrogen-bond donors (Lipinski definition) is 2. The molecule has 1 aromatic carbocycles. The number of amides is 2. The molecule has 2 rings (SSSR count). The second-order valence-electron chi connectivity index (χ2n) is 11.6. The zero-order valence-electron chi connectivity index (χ0n) is 28.5. The Bertz CT molecular complexity index is 1400. The van der Waals surface area contributed by atoms with Crippen molar-refractivity contribution in [1.29, 1.82) is 0 Å². The Morgan fingerprint density at radius 1 is 0.917 bits per heavy atom. The van der Waals surface area contributed by atoms with Crippen molar-refractivity contribution in [2.45, 2.75) is 104 Å². The number of rotatable bonds is 14. The maximum Gasteiger partial charge on any atom is 0.308 e. The van der Waals surface area contributed by atoms with Gasteiger partial charge in [0, 0.05) is 53.5 Å². The highest BCUT2D eigenvalue weighted by Gasteiger charge is 2.54. The van der Waals surface area contributed by atoms with Crippen LogP contribution in [0.3, 0.4) is 0 Å². The molecule has 0 bridgehead atoms. The molecule has 1 aliphatic heterocycles. The lowest BCUT2D eigenvalue weighted by Crippen LogP contribution is -2.68. The molecule has 264 valence electrons. The molecular formula is C33H44N2O13. The number of carbonyl (C=O) groups excluding carboxylic acids is 7. The van der Waals surface area contributed by atoms with E-state index in [4.69, 9.17) is 28.4 Å². The van der Waals surface area contributed by atoms with Gasteiger partial charge in [-0.15, -0.1) is 6.58 Å². The summed E-state index contributed by atoms with van der Waals surface area (Å²) < 4.78 is 33.9. The van der Waals surface area contributed by atoms with Crippen LogP contribution in [-0.2, 0) is 52.5 Å². The lowest BCUT2D eigenvalue weighted by molar-refractivity contribution is -0.243. The van der Waals surface area contributed by atoms with E-state index in [-0.39, 0.29) is 25.0 Å². The SMILES string of the molecule is C=CC[C@]1(COC(C)=O)C[C@H](OC(C)=O)[C@@H](NC(C)=O)[C@H]([C@H](OC(C)=O)[C@@H](CNC(=O)c2cc(C)c(OC(C)=O)c(C)c2)OC(C)=O)O1. The van der Waals surface area contributed by atoms with Gasteiger partial charge in [-0.2, -0.15) is 0 Å². The Balaban J connectivity index is 2.63. The maximum atomic E-state index is 13.3. The quantitative estimate of drug-likeness (QED) is 0.126. The van der Waals surface area contributed by atoms with Crippen LogP contribution >= 0.6 is 0 Å². The van der Waals surface area contributed by atoms with Crippen LogP contribution in [0, 0.1) is 13.8 Å². The van der Waals surface area contributed by atoms with E-state index in [9.17, 15) is 33.6 Å². The van der Waals surface area contributed by atoms with Gasteiger partial charge in [-0.3, -0.25) is 33.6 Å². The molecule has 2 N–H and O–H groups in total. The van der Waals surface area contributed by atoms with Gasteiger partial charge in [0.2, 0.25) is 5.91 Å². The van der Waals surface area contributed by atoms with Gasteiger partial charge in [0.15, 0.2) is 12.2 Å². The van der Waals surface area contributed by atoms with Crippen LogP contribution < -0.4 is 15.4 Å². The van der Waals surface area contributed by atoms with Crippen molar-refractivity contribution in [2.24, 2.45) is 0 Å². The van der Waals surface area contributed by atoms with Crippen molar-refractivity contribution in [3.05, 3.63) is 41.5 Å². The van der Waals surface area contributed by atoms with E-state index in [0.29, 0.717) is 16.9 Å². The summed E-state index contributed by atoms with van der Waals surface area (Å²) in [4.78, 5) is 86.2. The molecule has 6 atom stereocenters. The van der Waals surface area contributed by atoms with E-state index in [1.54, 1.807) is 13.8 Å². The third-order valence-corrected chi connectivity index (χ3v) is 7.20. The molecule has 0 unspecified atom stereocenters. The highest BCUT2D eigenvalue weighted by Crippen LogP contribution is 2.38. The van der Waals surface area contributed by atoms with Crippen molar-refractivity contribution in [3.8, 4) is 5.75 Å². The molecule has 1 aliphatic rings. The highest BCUT2D eigenvalue weighted by atomic mass is 16.6. The fourth-order valence-corrected chi connectivity index (χ4v) is 5.57. The number of carbonyl (C=O) groups is 7. The Morgan fingerprint density at radius 2 is 1.52 bits per heavy atom. The molecule has 0 aromatic heterocycles. The molecule has 0 radical (unpaired) electrons. The van der Waals surface area contributed by atoms with Crippen molar-refractivity contribution in [2.75, 3.05) is 13.2 Å². The Kier molecular flexibility index (Phi) is 14.3. The first-order valence-electron chi connectivity index (χ1n) is 15.2. The average molecular weight is 677 g/mol. The molecule has 0 saturated carbocycles. The fraction of sp³-hybridized carbons (Fsp3) is 0.545. The monoisotopic (exact) mass is 676 g/mol. The highest BCUT2D eigenvalue weighted by molar-refractivity contribution is 5.95. The van der Waals surface area contributed by atoms with Gasteiger partial charge in [0.25, 0.3) is 5.91 Å². The molecule has 1 heterocycles. The zero-order chi connectivity index (χ0) is 36.3. The van der Waals surface area contributed by atoms with Gasteiger partial charge in [-0.25, -0.2) is 0 Å². The number of benzene rings is 1. The second kappa shape index (κ2) is 17.4. The Morgan fingerprint density at radius 3 is 2.00 bits per heavy atom. The summed E-state index contributed by atoms with van der Waals surface area (Å²) in [5, 5.41) is 5.35. The van der Waals surface area contributed by atoms with Crippen LogP contribution in [0.1, 0.15) is 75.9 Å². The van der Waals surface area contributed by atoms with Crippen LogP contribution in [0.25, 0.3) is 0 Å². The molecule has 0 aliphatic carbocycles. The van der Waals surface area contributed by atoms with Gasteiger partial charge in [0.1, 0.15) is 30.2 Å². The minimum atomic E-state index is -1.52. The van der Waals surface area contributed by atoms with Crippen LogP contribution in [0.5, 0.6) is 5.75 Å². The van der Waals surface area contributed by atoms with E-state index in [0.717, 1.165) is 13.8 Å². The van der Waals surface area contributed by atoms with Gasteiger partial charge in [-0.05, 0) is 43.5 Å². The third kappa shape index (κ3) is 11.5. The Labute approximate surface area is 279 Å². The first-order valence-corrected chi connectivity index (χ1v) is 15.2. The molecule has 2 amide bonds. The summed E-state index contributed by atoms with van der Waals surface area (Å²) >= 11 is 0. The van der Waals surface area contributed by atoms with E-state index in [1.165, 1.54) is 45.9 Å². The summed E-state index contributed by atoms with van der Waals surface area (Å²) in [5.41, 5.74) is -0.172. The van der Waals surface area contributed by atoms with Crippen LogP contribution in [0.4, 0.5) is 0 Å². The van der Waals surface area contributed by atoms with Gasteiger partial charge < -0.3 is 39.1 Å². The van der Waals surface area contributed by atoms with E-state index in [1.807, 2.05) is 0 Å². The molecule has 15 nitrogen and oxygen atoms in total. The smallest absolute Gasteiger partial charge is 0.308 e. The normalized spacial score (nSPS) is 21.4. The first kappa shape index (κ1) is 39.4. The largest absolute Gasteiger partial charge is 0.463 e. The molecule has 1 fully saturated rings. The molecule has 15 heteroatoms. The van der Waals surface area contributed by atoms with Gasteiger partial charge >= 0.3 is 29.8 Å². The number of ether oxygens (including phenoxy) is 6. The lowest BCUT2D eigenvalue weighted by Gasteiger charge is -2.50. The summed E-state index contributed by atoms with van der Waals surface area (Å²) in [7, 11) is 0. The molecule has 48 heavy (non-hydrogen) atoms. The summed E-state index contributed by atoms with van der Waals surface area (Å²) in [6.45, 7) is 13.4. The molecule has 1 saturated heterocycles. The average Bonchev–Trinajstić information content (AvgIpc) is 2.95. The van der Waals surface area contributed by atoms with Crippen molar-refractivity contribution >= 4 is 41.7 Å². The summed E-state index contributed by atoms with van der Waals surface area (Å²) in [6.07, 6.45) is -3.94. The predicted molar refractivity (Wildman–Crippen MR) is 167 cm³/mol. The van der Waals surface area contributed by atoms with Gasteiger partial charge in [0.05, 0.1) is 12.6 Å². The van der Waals surface area contributed by atoms with Crippen molar-refractivity contribution < 1.29 is 62.0 Å². The third-order valence-electron chi connectivity index (χ3n) is 7.20. The van der Waals surface area contributed by atoms with Crippen molar-refractivity contribution in [3.63, 3.8) is 0 Å². The maximum absolute atomic E-state index is 13.3. The molecule has 0 spiro atoms. The predicted octanol–water partition coefficient (Wildman–Crippen LogP) is 1.93. The van der Waals surface area contributed by atoms with E-state index >= 15 is 0 Å². The van der Waals surface area contributed by atoms with Crippen LogP contribution in [0.2, 0.25) is 0 Å². The lowest BCUT2D eigenvalue weighted by atomic mass is 9.81. The fourth-order valence-electron chi connectivity index (χ4n) is 5.57. The minimum Gasteiger partial charge on any atom is -0.463 e. The van der Waals surface area contributed by atoms with E-state index < -0.39 is 84.3 Å². The molecular weight excluding hydrogens is 632 g/mol. The topological polar surface area (TPSA) is 199 Å². The van der Waals surface area contributed by atoms with Crippen LogP contribution in [-0.4, -0.2) is 90.9 Å². The second-order valence-corrected chi connectivity index (χ2v) is 11.6. The molecule has 1 aromatic rings. The number of nitrogens with one attached hydrogen (secondary N) is 2. The van der Waals surface area contributed by atoms with E-state index in [2.05, 4.69) is 17.2 Å².